The fourth-order valence-electron chi connectivity index (χ4n) is 3.57. The summed E-state index contributed by atoms with van der Waals surface area (Å²) in [6.07, 6.45) is 1.76. The predicted molar refractivity (Wildman–Crippen MR) is 132 cm³/mol. The van der Waals surface area contributed by atoms with Crippen LogP contribution in [-0.4, -0.2) is 57.1 Å². The SMILES string of the molecule is CC[C@H](C(=O)NCC(C)C)N(CCc1ccccc1)C(=O)CN(c1ccccc1F)S(C)(=O)=O. The fourth-order valence-corrected chi connectivity index (χ4v) is 4.42. The summed E-state index contributed by atoms with van der Waals surface area (Å²) in [6.45, 7) is 5.80. The van der Waals surface area contributed by atoms with Crippen molar-refractivity contribution in [1.82, 2.24) is 10.2 Å². The van der Waals surface area contributed by atoms with Gasteiger partial charge in [-0.2, -0.15) is 0 Å². The maximum absolute atomic E-state index is 14.4. The van der Waals surface area contributed by atoms with E-state index in [1.54, 1.807) is 6.92 Å². The molecule has 2 aromatic rings. The summed E-state index contributed by atoms with van der Waals surface area (Å²) < 4.78 is 40.1. The molecule has 0 bridgehead atoms. The average molecular weight is 492 g/mol. The molecular weight excluding hydrogens is 457 g/mol. The molecule has 0 radical (unpaired) electrons. The van der Waals surface area contributed by atoms with Crippen LogP contribution in [0.25, 0.3) is 0 Å². The summed E-state index contributed by atoms with van der Waals surface area (Å²) in [7, 11) is -3.97. The van der Waals surface area contributed by atoms with Crippen LogP contribution in [0.3, 0.4) is 0 Å². The number of anilines is 1. The van der Waals surface area contributed by atoms with E-state index >= 15 is 0 Å². The van der Waals surface area contributed by atoms with Gasteiger partial charge in [0.15, 0.2) is 0 Å². The van der Waals surface area contributed by atoms with Gasteiger partial charge in [-0.1, -0.05) is 63.2 Å². The van der Waals surface area contributed by atoms with Gasteiger partial charge in [0.2, 0.25) is 21.8 Å². The van der Waals surface area contributed by atoms with Crippen molar-refractivity contribution in [3.05, 3.63) is 66.0 Å². The van der Waals surface area contributed by atoms with Crippen molar-refractivity contribution in [3.63, 3.8) is 0 Å². The lowest BCUT2D eigenvalue weighted by atomic mass is 10.1. The number of nitrogens with one attached hydrogen (secondary N) is 1. The molecule has 0 aliphatic carbocycles. The van der Waals surface area contributed by atoms with Crippen molar-refractivity contribution < 1.29 is 22.4 Å². The van der Waals surface area contributed by atoms with Crippen molar-refractivity contribution in [2.75, 3.05) is 30.2 Å². The number of amides is 2. The predicted octanol–water partition coefficient (Wildman–Crippen LogP) is 3.21. The molecule has 0 saturated heterocycles. The van der Waals surface area contributed by atoms with E-state index in [4.69, 9.17) is 0 Å². The summed E-state index contributed by atoms with van der Waals surface area (Å²) in [4.78, 5) is 27.8. The summed E-state index contributed by atoms with van der Waals surface area (Å²) in [5, 5.41) is 2.87. The first-order valence-electron chi connectivity index (χ1n) is 11.4. The number of hydrogen-bond donors (Lipinski definition) is 1. The molecule has 0 spiro atoms. The molecule has 2 amide bonds. The highest BCUT2D eigenvalue weighted by atomic mass is 32.2. The van der Waals surface area contributed by atoms with E-state index in [1.807, 2.05) is 44.2 Å². The highest BCUT2D eigenvalue weighted by molar-refractivity contribution is 7.92. The molecule has 2 rings (SSSR count). The molecular formula is C25H34FN3O4S. The lowest BCUT2D eigenvalue weighted by Crippen LogP contribution is -2.53. The number of carbonyl (C=O) groups excluding carboxylic acids is 2. The van der Waals surface area contributed by atoms with Crippen LogP contribution < -0.4 is 9.62 Å². The Morgan fingerprint density at radius 2 is 1.65 bits per heavy atom. The largest absolute Gasteiger partial charge is 0.354 e. The normalized spacial score (nSPS) is 12.3. The van der Waals surface area contributed by atoms with Gasteiger partial charge in [0.25, 0.3) is 0 Å². The minimum Gasteiger partial charge on any atom is -0.354 e. The number of nitrogens with zero attached hydrogens (tertiary/aromatic N) is 2. The molecule has 1 N–H and O–H groups in total. The maximum Gasteiger partial charge on any atom is 0.244 e. The quantitative estimate of drug-likeness (QED) is 0.494. The van der Waals surface area contributed by atoms with E-state index in [2.05, 4.69) is 5.32 Å². The van der Waals surface area contributed by atoms with Crippen LogP contribution in [0.15, 0.2) is 54.6 Å². The third kappa shape index (κ3) is 7.83. The van der Waals surface area contributed by atoms with Gasteiger partial charge in [0, 0.05) is 13.1 Å². The third-order valence-corrected chi connectivity index (χ3v) is 6.48. The molecule has 0 fully saturated rings. The van der Waals surface area contributed by atoms with E-state index in [0.717, 1.165) is 22.2 Å². The van der Waals surface area contributed by atoms with Gasteiger partial charge in [-0.05, 0) is 36.5 Å². The van der Waals surface area contributed by atoms with Crippen LogP contribution in [-0.2, 0) is 26.0 Å². The Labute approximate surface area is 202 Å². The van der Waals surface area contributed by atoms with Gasteiger partial charge < -0.3 is 10.2 Å². The number of carbonyl (C=O) groups is 2. The molecule has 0 aliphatic rings. The topological polar surface area (TPSA) is 86.8 Å². The second kappa shape index (κ2) is 12.5. The van der Waals surface area contributed by atoms with Crippen LogP contribution in [0.5, 0.6) is 0 Å². The number of benzene rings is 2. The number of hydrogen-bond acceptors (Lipinski definition) is 4. The first-order chi connectivity index (χ1) is 16.0. The van der Waals surface area contributed by atoms with Crippen molar-refractivity contribution in [3.8, 4) is 0 Å². The minimum atomic E-state index is -3.97. The third-order valence-electron chi connectivity index (χ3n) is 5.36. The number of sulfonamides is 1. The van der Waals surface area contributed by atoms with Gasteiger partial charge >= 0.3 is 0 Å². The Kier molecular flexibility index (Phi) is 10.0. The van der Waals surface area contributed by atoms with Gasteiger partial charge in [-0.25, -0.2) is 12.8 Å². The van der Waals surface area contributed by atoms with Crippen LogP contribution >= 0.6 is 0 Å². The van der Waals surface area contributed by atoms with Crippen molar-refractivity contribution in [2.45, 2.75) is 39.7 Å². The Hall–Kier alpha value is -2.94. The highest BCUT2D eigenvalue weighted by Gasteiger charge is 2.32. The Morgan fingerprint density at radius 1 is 1.03 bits per heavy atom. The second-order valence-electron chi connectivity index (χ2n) is 8.61. The molecule has 186 valence electrons. The molecule has 1 atom stereocenters. The van der Waals surface area contributed by atoms with Gasteiger partial charge in [0.1, 0.15) is 18.4 Å². The summed E-state index contributed by atoms with van der Waals surface area (Å²) in [5.74, 6) is -1.39. The van der Waals surface area contributed by atoms with Crippen molar-refractivity contribution >= 4 is 27.5 Å². The van der Waals surface area contributed by atoms with Gasteiger partial charge in [-0.15, -0.1) is 0 Å². The summed E-state index contributed by atoms with van der Waals surface area (Å²) in [6, 6.07) is 14.1. The lowest BCUT2D eigenvalue weighted by Gasteiger charge is -2.33. The van der Waals surface area contributed by atoms with Crippen LogP contribution in [0, 0.1) is 11.7 Å². The molecule has 7 nitrogen and oxygen atoms in total. The number of para-hydroxylation sites is 1. The van der Waals surface area contributed by atoms with E-state index in [-0.39, 0.29) is 24.1 Å². The molecule has 34 heavy (non-hydrogen) atoms. The molecule has 0 aliphatic heterocycles. The molecule has 2 aromatic carbocycles. The average Bonchev–Trinajstić information content (AvgIpc) is 2.79. The molecule has 9 heteroatoms. The zero-order valence-corrected chi connectivity index (χ0v) is 21.0. The standard InChI is InChI=1S/C25H34FN3O4S/c1-5-22(25(31)27-17-19(2)3)28(16-15-20-11-7-6-8-12-20)24(30)18-29(34(4,32)33)23-14-10-9-13-21(23)26/h6-14,19,22H,5,15-18H2,1-4H3,(H,27,31)/t22-/m1/s1. The van der Waals surface area contributed by atoms with Gasteiger partial charge in [0.05, 0.1) is 11.9 Å². The minimum absolute atomic E-state index is 0.210. The molecule has 0 heterocycles. The van der Waals surface area contributed by atoms with E-state index in [0.29, 0.717) is 19.4 Å². The van der Waals surface area contributed by atoms with E-state index in [9.17, 15) is 22.4 Å². The van der Waals surface area contributed by atoms with Crippen molar-refractivity contribution in [1.29, 1.82) is 0 Å². The van der Waals surface area contributed by atoms with Crippen LogP contribution in [0.1, 0.15) is 32.8 Å². The van der Waals surface area contributed by atoms with Gasteiger partial charge in [-0.3, -0.25) is 13.9 Å². The Bertz CT molecular complexity index is 1060. The smallest absolute Gasteiger partial charge is 0.244 e. The monoisotopic (exact) mass is 491 g/mol. The Balaban J connectivity index is 2.35. The fraction of sp³-hybridized carbons (Fsp3) is 0.440. The number of rotatable bonds is 12. The van der Waals surface area contributed by atoms with E-state index < -0.39 is 34.3 Å². The first-order valence-corrected chi connectivity index (χ1v) is 13.2. The lowest BCUT2D eigenvalue weighted by molar-refractivity contribution is -0.139. The summed E-state index contributed by atoms with van der Waals surface area (Å²) >= 11 is 0. The maximum atomic E-state index is 14.4. The number of halogens is 1. The van der Waals surface area contributed by atoms with Crippen LogP contribution in [0.2, 0.25) is 0 Å². The van der Waals surface area contributed by atoms with Crippen LogP contribution in [0.4, 0.5) is 10.1 Å². The molecule has 0 aromatic heterocycles. The molecule has 0 unspecified atom stereocenters. The summed E-state index contributed by atoms with van der Waals surface area (Å²) in [5.41, 5.74) is 0.769. The Morgan fingerprint density at radius 3 is 2.21 bits per heavy atom. The highest BCUT2D eigenvalue weighted by Crippen LogP contribution is 2.22. The van der Waals surface area contributed by atoms with Crippen molar-refractivity contribution in [2.24, 2.45) is 5.92 Å². The second-order valence-corrected chi connectivity index (χ2v) is 10.5. The zero-order valence-electron chi connectivity index (χ0n) is 20.2. The molecule has 0 saturated carbocycles. The zero-order chi connectivity index (χ0) is 25.3. The van der Waals surface area contributed by atoms with E-state index in [1.165, 1.54) is 23.1 Å². The first kappa shape index (κ1) is 27.3.